The van der Waals surface area contributed by atoms with Crippen molar-refractivity contribution in [1.82, 2.24) is 20.1 Å². The number of thioether (sulfide) groups is 1. The average Bonchev–Trinajstić information content (AvgIpc) is 3.08. The Kier molecular flexibility index (Phi) is 6.81. The lowest BCUT2D eigenvalue weighted by Gasteiger charge is -2.35. The Morgan fingerprint density at radius 2 is 2.04 bits per heavy atom. The van der Waals surface area contributed by atoms with E-state index in [2.05, 4.69) is 59.9 Å². The van der Waals surface area contributed by atoms with Crippen LogP contribution in [0.1, 0.15) is 52.5 Å². The van der Waals surface area contributed by atoms with Gasteiger partial charge in [-0.3, -0.25) is 4.79 Å². The third kappa shape index (κ3) is 4.43. The number of amides is 1. The van der Waals surface area contributed by atoms with E-state index in [0.717, 1.165) is 29.5 Å². The van der Waals surface area contributed by atoms with Crippen molar-refractivity contribution in [2.75, 3.05) is 0 Å². The molecule has 1 saturated carbocycles. The first-order chi connectivity index (χ1) is 13.4. The minimum absolute atomic E-state index is 0.0963. The smallest absolute Gasteiger partial charge is 0.233 e. The van der Waals surface area contributed by atoms with E-state index in [1.807, 2.05) is 19.1 Å². The third-order valence-electron chi connectivity index (χ3n) is 6.10. The van der Waals surface area contributed by atoms with Gasteiger partial charge in [-0.2, -0.15) is 0 Å². The first-order valence-corrected chi connectivity index (χ1v) is 11.3. The maximum absolute atomic E-state index is 12.8. The Morgan fingerprint density at radius 1 is 1.29 bits per heavy atom. The molecule has 1 aromatic carbocycles. The molecule has 1 amide bonds. The highest BCUT2D eigenvalue weighted by molar-refractivity contribution is 8.00. The zero-order valence-electron chi connectivity index (χ0n) is 17.6. The average molecular weight is 401 g/mol. The highest BCUT2D eigenvalue weighted by Gasteiger charge is 2.30. The van der Waals surface area contributed by atoms with E-state index in [4.69, 9.17) is 0 Å². The topological polar surface area (TPSA) is 59.8 Å². The molecule has 0 unspecified atom stereocenters. The van der Waals surface area contributed by atoms with Crippen LogP contribution in [0, 0.1) is 18.8 Å². The summed E-state index contributed by atoms with van der Waals surface area (Å²) in [6.07, 6.45) is 3.54. The molecule has 1 aliphatic carbocycles. The van der Waals surface area contributed by atoms with E-state index >= 15 is 0 Å². The molecular weight excluding hydrogens is 368 g/mol. The van der Waals surface area contributed by atoms with Crippen LogP contribution in [0.2, 0.25) is 0 Å². The van der Waals surface area contributed by atoms with Crippen LogP contribution in [0.5, 0.6) is 0 Å². The van der Waals surface area contributed by atoms with E-state index in [1.54, 1.807) is 0 Å². The highest BCUT2D eigenvalue weighted by atomic mass is 32.2. The van der Waals surface area contributed by atoms with Gasteiger partial charge >= 0.3 is 0 Å². The number of nitrogens with one attached hydrogen (secondary N) is 1. The fourth-order valence-corrected chi connectivity index (χ4v) is 4.90. The van der Waals surface area contributed by atoms with Gasteiger partial charge in [-0.15, -0.1) is 10.2 Å². The Labute approximate surface area is 172 Å². The van der Waals surface area contributed by atoms with Gasteiger partial charge in [0, 0.05) is 18.2 Å². The van der Waals surface area contributed by atoms with Crippen LogP contribution in [0.25, 0.3) is 11.4 Å². The summed E-state index contributed by atoms with van der Waals surface area (Å²) in [5, 5.41) is 12.7. The molecule has 1 aliphatic rings. The number of rotatable bonds is 6. The normalized spacial score (nSPS) is 23.4. The third-order valence-corrected chi connectivity index (χ3v) is 7.19. The van der Waals surface area contributed by atoms with Crippen molar-refractivity contribution in [3.05, 3.63) is 29.8 Å². The van der Waals surface area contributed by atoms with E-state index in [0.29, 0.717) is 11.8 Å². The molecule has 1 fully saturated rings. The number of hydrogen-bond donors (Lipinski definition) is 1. The maximum Gasteiger partial charge on any atom is 0.233 e. The lowest BCUT2D eigenvalue weighted by Crippen LogP contribution is -2.46. The molecule has 4 atom stereocenters. The number of nitrogens with zero attached hydrogens (tertiary/aromatic N) is 3. The zero-order chi connectivity index (χ0) is 20.3. The largest absolute Gasteiger partial charge is 0.352 e. The van der Waals surface area contributed by atoms with Crippen molar-refractivity contribution in [1.29, 1.82) is 0 Å². The van der Waals surface area contributed by atoms with Gasteiger partial charge in [0.2, 0.25) is 5.91 Å². The molecule has 2 aromatic rings. The predicted octanol–water partition coefficient (Wildman–Crippen LogP) is 4.69. The van der Waals surface area contributed by atoms with Crippen LogP contribution in [-0.2, 0) is 11.3 Å². The Bertz CT molecular complexity index is 819. The lowest BCUT2D eigenvalue weighted by atomic mass is 9.78. The number of aromatic nitrogens is 3. The molecule has 0 bridgehead atoms. The van der Waals surface area contributed by atoms with Crippen LogP contribution < -0.4 is 5.32 Å². The molecule has 0 spiro atoms. The van der Waals surface area contributed by atoms with Crippen molar-refractivity contribution < 1.29 is 4.79 Å². The Hall–Kier alpha value is -1.82. The summed E-state index contributed by atoms with van der Waals surface area (Å²) in [6.45, 7) is 11.4. The fraction of sp³-hybridized carbons (Fsp3) is 0.591. The highest BCUT2D eigenvalue weighted by Crippen LogP contribution is 2.31. The first-order valence-electron chi connectivity index (χ1n) is 10.4. The van der Waals surface area contributed by atoms with E-state index in [-0.39, 0.29) is 17.2 Å². The fourth-order valence-electron chi connectivity index (χ4n) is 3.98. The minimum Gasteiger partial charge on any atom is -0.352 e. The van der Waals surface area contributed by atoms with Gasteiger partial charge in [-0.05, 0) is 44.6 Å². The van der Waals surface area contributed by atoms with Gasteiger partial charge in [0.15, 0.2) is 11.0 Å². The maximum atomic E-state index is 12.8. The number of carbonyl (C=O) groups is 1. The summed E-state index contributed by atoms with van der Waals surface area (Å²) in [7, 11) is 0. The zero-order valence-corrected chi connectivity index (χ0v) is 18.4. The van der Waals surface area contributed by atoms with Crippen molar-refractivity contribution in [3.8, 4) is 11.4 Å². The SMILES string of the molecule is CCn1c(S[C@@H](C)C(=O)N[C@@H]2CCC[C@@H](C)[C@@H]2C)nnc1-c1ccccc1C. The second-order valence-electron chi connectivity index (χ2n) is 8.01. The predicted molar refractivity (Wildman–Crippen MR) is 115 cm³/mol. The van der Waals surface area contributed by atoms with Crippen LogP contribution in [0.15, 0.2) is 29.4 Å². The molecule has 152 valence electrons. The molecule has 6 heteroatoms. The van der Waals surface area contributed by atoms with Crippen molar-refractivity contribution in [3.63, 3.8) is 0 Å². The van der Waals surface area contributed by atoms with Gasteiger partial charge in [0.25, 0.3) is 0 Å². The molecule has 0 radical (unpaired) electrons. The number of aryl methyl sites for hydroxylation is 1. The lowest BCUT2D eigenvalue weighted by molar-refractivity contribution is -0.121. The van der Waals surface area contributed by atoms with Crippen LogP contribution in [0.3, 0.4) is 0 Å². The molecule has 0 saturated heterocycles. The molecule has 1 heterocycles. The van der Waals surface area contributed by atoms with Gasteiger partial charge in [0.05, 0.1) is 5.25 Å². The van der Waals surface area contributed by atoms with Gasteiger partial charge in [0.1, 0.15) is 0 Å². The summed E-state index contributed by atoms with van der Waals surface area (Å²) in [5.74, 6) is 2.16. The molecule has 1 aromatic heterocycles. The van der Waals surface area contributed by atoms with Crippen molar-refractivity contribution >= 4 is 17.7 Å². The van der Waals surface area contributed by atoms with Gasteiger partial charge in [-0.25, -0.2) is 0 Å². The number of carbonyl (C=O) groups excluding carboxylic acids is 1. The molecule has 28 heavy (non-hydrogen) atoms. The summed E-state index contributed by atoms with van der Waals surface area (Å²) in [4.78, 5) is 12.8. The van der Waals surface area contributed by atoms with Gasteiger partial charge < -0.3 is 9.88 Å². The summed E-state index contributed by atoms with van der Waals surface area (Å²) in [6, 6.07) is 8.49. The van der Waals surface area contributed by atoms with E-state index in [1.165, 1.54) is 30.2 Å². The Morgan fingerprint density at radius 3 is 2.75 bits per heavy atom. The minimum atomic E-state index is -0.205. The van der Waals surface area contributed by atoms with Crippen LogP contribution in [-0.4, -0.2) is 32.0 Å². The molecule has 3 rings (SSSR count). The summed E-state index contributed by atoms with van der Waals surface area (Å²) in [5.41, 5.74) is 2.26. The summed E-state index contributed by atoms with van der Waals surface area (Å²) < 4.78 is 2.10. The van der Waals surface area contributed by atoms with Gasteiger partial charge in [-0.1, -0.05) is 62.7 Å². The number of benzene rings is 1. The standard InChI is InChI=1S/C22H32N4OS/c1-6-26-20(18-12-8-7-10-15(18)3)24-25-22(26)28-17(5)21(27)23-19-13-9-11-14(2)16(19)4/h7-8,10,12,14,16-17,19H,6,9,11,13H2,1-5H3,(H,23,27)/t14-,16+,17+,19-/m1/s1. The summed E-state index contributed by atoms with van der Waals surface area (Å²) >= 11 is 1.49. The molecule has 5 nitrogen and oxygen atoms in total. The second-order valence-corrected chi connectivity index (χ2v) is 9.32. The number of hydrogen-bond acceptors (Lipinski definition) is 4. The first kappa shape index (κ1) is 20.9. The van der Waals surface area contributed by atoms with E-state index < -0.39 is 0 Å². The quantitative estimate of drug-likeness (QED) is 0.714. The molecule has 0 aliphatic heterocycles. The van der Waals surface area contributed by atoms with Crippen molar-refractivity contribution in [2.45, 2.75) is 76.9 Å². The Balaban J connectivity index is 1.71. The monoisotopic (exact) mass is 400 g/mol. The van der Waals surface area contributed by atoms with E-state index in [9.17, 15) is 4.79 Å². The molecule has 1 N–H and O–H groups in total. The molecular formula is C22H32N4OS. The van der Waals surface area contributed by atoms with Crippen LogP contribution in [0.4, 0.5) is 0 Å². The van der Waals surface area contributed by atoms with Crippen LogP contribution >= 0.6 is 11.8 Å². The van der Waals surface area contributed by atoms with Crippen molar-refractivity contribution in [2.24, 2.45) is 11.8 Å². The second kappa shape index (κ2) is 9.12.